The number of rotatable bonds is 4. The first-order chi connectivity index (χ1) is 15.8. The van der Waals surface area contributed by atoms with Crippen molar-refractivity contribution < 1.29 is 33.0 Å². The number of esters is 1. The highest BCUT2D eigenvalue weighted by Crippen LogP contribution is 2.72. The van der Waals surface area contributed by atoms with Crippen LogP contribution < -0.4 is 0 Å². The van der Waals surface area contributed by atoms with Crippen molar-refractivity contribution in [3.05, 3.63) is 23.8 Å². The molecule has 0 saturated heterocycles. The lowest BCUT2D eigenvalue weighted by molar-refractivity contribution is -0.227. The summed E-state index contributed by atoms with van der Waals surface area (Å²) in [6.07, 6.45) is 3.73. The summed E-state index contributed by atoms with van der Waals surface area (Å²) in [4.78, 5) is 38.1. The highest BCUT2D eigenvalue weighted by Gasteiger charge is 2.77. The van der Waals surface area contributed by atoms with Crippen molar-refractivity contribution in [2.75, 3.05) is 6.01 Å². The maximum absolute atomic E-state index is 17.4. The Labute approximate surface area is 203 Å². The zero-order valence-corrected chi connectivity index (χ0v) is 21.2. The van der Waals surface area contributed by atoms with Crippen LogP contribution >= 0.6 is 11.8 Å². The van der Waals surface area contributed by atoms with E-state index in [1.165, 1.54) is 12.2 Å². The lowest BCUT2D eigenvalue weighted by atomic mass is 9.43. The Morgan fingerprint density at radius 2 is 1.91 bits per heavy atom. The standard InChI is InChI=1S/C26H34F2O5S/c1-6-21(31)33-26(22(32)34-13-27)15(3)10-18-19-9-14(2)17-11-16(29)7-8-23(17,4)25(19,28)20(30)12-24(18,26)5/h7-8,11,14-15,18-20,30H,6,9-10,12-13H2,1-5H3. The number of alkyl halides is 2. The summed E-state index contributed by atoms with van der Waals surface area (Å²) in [5.41, 5.74) is -5.27. The van der Waals surface area contributed by atoms with Crippen molar-refractivity contribution in [1.29, 1.82) is 0 Å². The Morgan fingerprint density at radius 3 is 2.53 bits per heavy atom. The number of hydrogen-bond acceptors (Lipinski definition) is 6. The van der Waals surface area contributed by atoms with E-state index in [1.54, 1.807) is 33.8 Å². The van der Waals surface area contributed by atoms with Gasteiger partial charge in [0, 0.05) is 29.1 Å². The molecule has 0 amide bonds. The van der Waals surface area contributed by atoms with E-state index in [0.717, 1.165) is 0 Å². The molecule has 3 fully saturated rings. The maximum Gasteiger partial charge on any atom is 0.306 e. The van der Waals surface area contributed by atoms with Crippen LogP contribution in [0.2, 0.25) is 0 Å². The number of allylic oxidation sites excluding steroid dienone is 4. The van der Waals surface area contributed by atoms with Crippen LogP contribution in [0.15, 0.2) is 23.8 Å². The summed E-state index contributed by atoms with van der Waals surface area (Å²) >= 11 is 0.470. The third-order valence-corrected chi connectivity index (χ3v) is 10.2. The highest BCUT2D eigenvalue weighted by atomic mass is 32.2. The van der Waals surface area contributed by atoms with E-state index in [2.05, 4.69) is 0 Å². The van der Waals surface area contributed by atoms with E-state index >= 15 is 4.39 Å². The van der Waals surface area contributed by atoms with Gasteiger partial charge in [0.15, 0.2) is 17.1 Å². The fraction of sp³-hybridized carbons (Fsp3) is 0.731. The number of carbonyl (C=O) groups excluding carboxylic acids is 3. The third-order valence-electron chi connectivity index (χ3n) is 9.56. The molecule has 4 aliphatic carbocycles. The van der Waals surface area contributed by atoms with E-state index in [0.29, 0.717) is 30.2 Å². The molecule has 3 saturated carbocycles. The van der Waals surface area contributed by atoms with E-state index in [9.17, 15) is 23.9 Å². The van der Waals surface area contributed by atoms with Crippen LogP contribution in [0.5, 0.6) is 0 Å². The van der Waals surface area contributed by atoms with E-state index in [4.69, 9.17) is 4.74 Å². The molecule has 9 unspecified atom stereocenters. The van der Waals surface area contributed by atoms with Gasteiger partial charge < -0.3 is 9.84 Å². The summed E-state index contributed by atoms with van der Waals surface area (Å²) < 4.78 is 36.6. The molecule has 9 atom stereocenters. The molecule has 4 aliphatic rings. The van der Waals surface area contributed by atoms with Gasteiger partial charge in [-0.2, -0.15) is 0 Å². The number of aliphatic hydroxyl groups excluding tert-OH is 1. The van der Waals surface area contributed by atoms with Gasteiger partial charge in [0.1, 0.15) is 6.01 Å². The number of fused-ring (bicyclic) bond motifs is 5. The van der Waals surface area contributed by atoms with Gasteiger partial charge in [-0.05, 0) is 61.9 Å². The zero-order chi connectivity index (χ0) is 25.3. The Kier molecular flexibility index (Phi) is 6.20. The first-order valence-corrected chi connectivity index (χ1v) is 13.1. The van der Waals surface area contributed by atoms with Crippen LogP contribution in [0.3, 0.4) is 0 Å². The second kappa shape index (κ2) is 8.26. The minimum atomic E-state index is -2.06. The van der Waals surface area contributed by atoms with Gasteiger partial charge in [-0.3, -0.25) is 14.4 Å². The molecule has 0 aliphatic heterocycles. The molecule has 0 aromatic heterocycles. The summed E-state index contributed by atoms with van der Waals surface area (Å²) in [5.74, 6) is -2.36. The van der Waals surface area contributed by atoms with E-state index in [-0.39, 0.29) is 30.5 Å². The maximum atomic E-state index is 17.4. The predicted molar refractivity (Wildman–Crippen MR) is 125 cm³/mol. The molecule has 34 heavy (non-hydrogen) atoms. The molecular formula is C26H34F2O5S. The molecule has 0 spiro atoms. The zero-order valence-electron chi connectivity index (χ0n) is 20.4. The number of aliphatic hydroxyl groups is 1. The smallest absolute Gasteiger partial charge is 0.306 e. The molecule has 0 heterocycles. The van der Waals surface area contributed by atoms with Crippen LogP contribution in [-0.2, 0) is 19.1 Å². The van der Waals surface area contributed by atoms with Crippen molar-refractivity contribution in [2.45, 2.75) is 77.7 Å². The van der Waals surface area contributed by atoms with Gasteiger partial charge in [-0.15, -0.1) is 0 Å². The molecule has 1 N–H and O–H groups in total. The average Bonchev–Trinajstić information content (AvgIpc) is 2.99. The molecule has 4 rings (SSSR count). The minimum absolute atomic E-state index is 0.0455. The van der Waals surface area contributed by atoms with Gasteiger partial charge in [0.05, 0.1) is 6.10 Å². The van der Waals surface area contributed by atoms with E-state index in [1.807, 2.05) is 6.92 Å². The molecule has 188 valence electrons. The number of ketones is 1. The number of thioether (sulfide) groups is 1. The summed E-state index contributed by atoms with van der Waals surface area (Å²) in [5, 5.41) is 10.9. The van der Waals surface area contributed by atoms with Crippen molar-refractivity contribution in [3.8, 4) is 0 Å². The quantitative estimate of drug-likeness (QED) is 0.567. The largest absolute Gasteiger partial charge is 0.449 e. The van der Waals surface area contributed by atoms with Crippen LogP contribution in [-0.4, -0.2) is 45.4 Å². The lowest BCUT2D eigenvalue weighted by Gasteiger charge is -2.63. The number of carbonyl (C=O) groups is 3. The van der Waals surface area contributed by atoms with Crippen molar-refractivity contribution in [3.63, 3.8) is 0 Å². The summed E-state index contributed by atoms with van der Waals surface area (Å²) in [6.45, 7) is 8.92. The Hall–Kier alpha value is -1.54. The molecular weight excluding hydrogens is 462 g/mol. The van der Waals surface area contributed by atoms with Crippen molar-refractivity contribution in [2.24, 2.45) is 34.5 Å². The van der Waals surface area contributed by atoms with E-state index < -0.39 is 57.1 Å². The molecule has 8 heteroatoms. The van der Waals surface area contributed by atoms with Gasteiger partial charge in [-0.25, -0.2) is 8.78 Å². The second-order valence-electron chi connectivity index (χ2n) is 11.0. The lowest BCUT2D eigenvalue weighted by Crippen LogP contribution is -2.70. The Bertz CT molecular complexity index is 980. The van der Waals surface area contributed by atoms with Crippen LogP contribution in [0.25, 0.3) is 0 Å². The minimum Gasteiger partial charge on any atom is -0.449 e. The SMILES string of the molecule is CCC(=O)OC1(C(=O)SCF)C(C)CC2C3CC(C)C4=CC(=O)C=CC4(C)C3(F)C(O)CC21C. The van der Waals surface area contributed by atoms with Gasteiger partial charge in [0.2, 0.25) is 5.12 Å². The van der Waals surface area contributed by atoms with Gasteiger partial charge in [0.25, 0.3) is 0 Å². The summed E-state index contributed by atoms with van der Waals surface area (Å²) in [6, 6.07) is -0.959. The van der Waals surface area contributed by atoms with Crippen LogP contribution in [0, 0.1) is 34.5 Å². The number of hydrogen-bond donors (Lipinski definition) is 1. The van der Waals surface area contributed by atoms with Gasteiger partial charge in [-0.1, -0.05) is 39.3 Å². The summed E-state index contributed by atoms with van der Waals surface area (Å²) in [7, 11) is 0. The first kappa shape index (κ1) is 25.5. The van der Waals surface area contributed by atoms with Crippen molar-refractivity contribution in [1.82, 2.24) is 0 Å². The molecule has 0 aromatic carbocycles. The topological polar surface area (TPSA) is 80.7 Å². The van der Waals surface area contributed by atoms with Crippen LogP contribution in [0.4, 0.5) is 8.78 Å². The molecule has 0 aromatic rings. The molecule has 0 radical (unpaired) electrons. The van der Waals surface area contributed by atoms with Gasteiger partial charge >= 0.3 is 5.97 Å². The average molecular weight is 497 g/mol. The second-order valence-corrected chi connectivity index (χ2v) is 11.9. The fourth-order valence-electron chi connectivity index (χ4n) is 8.02. The Morgan fingerprint density at radius 1 is 1.24 bits per heavy atom. The van der Waals surface area contributed by atoms with Crippen LogP contribution in [0.1, 0.15) is 60.3 Å². The number of halogens is 2. The normalized spacial score (nSPS) is 47.4. The third kappa shape index (κ3) is 3.03. The first-order valence-electron chi connectivity index (χ1n) is 12.1. The molecule has 0 bridgehead atoms. The van der Waals surface area contributed by atoms with Crippen molar-refractivity contribution >= 4 is 28.6 Å². The predicted octanol–water partition coefficient (Wildman–Crippen LogP) is 4.73. The Balaban J connectivity index is 1.87. The fourth-order valence-corrected chi connectivity index (χ4v) is 8.81. The molecule has 5 nitrogen and oxygen atoms in total. The monoisotopic (exact) mass is 496 g/mol. The number of ether oxygens (including phenoxy) is 1. The highest BCUT2D eigenvalue weighted by molar-refractivity contribution is 8.13.